The average Bonchev–Trinajstić information content (AvgIpc) is 2.74. The van der Waals surface area contributed by atoms with Crippen LogP contribution in [0, 0.1) is 13.8 Å². The van der Waals surface area contributed by atoms with Crippen LogP contribution in [0.15, 0.2) is 29.2 Å². The van der Waals surface area contributed by atoms with Crippen LogP contribution < -0.4 is 8.92 Å². The Kier molecular flexibility index (Phi) is 4.43. The highest BCUT2D eigenvalue weighted by Gasteiger charge is 2.30. The number of rotatable bonds is 4. The smallest absolute Gasteiger partial charge is 0.342 e. The van der Waals surface area contributed by atoms with Crippen molar-refractivity contribution in [2.45, 2.75) is 45.1 Å². The van der Waals surface area contributed by atoms with Gasteiger partial charge < -0.3 is 8.92 Å². The largest absolute Gasteiger partial charge is 0.497 e. The summed E-state index contributed by atoms with van der Waals surface area (Å²) in [5, 5.41) is 4.36. The first-order valence-electron chi connectivity index (χ1n) is 7.21. The summed E-state index contributed by atoms with van der Waals surface area (Å²) in [6.07, 6.45) is 0. The zero-order chi connectivity index (χ0) is 17.4. The van der Waals surface area contributed by atoms with Crippen molar-refractivity contribution in [3.8, 4) is 11.5 Å². The van der Waals surface area contributed by atoms with Gasteiger partial charge in [0.05, 0.1) is 24.0 Å². The van der Waals surface area contributed by atoms with Crippen molar-refractivity contribution in [1.82, 2.24) is 9.78 Å². The van der Waals surface area contributed by atoms with Crippen molar-refractivity contribution in [3.63, 3.8) is 0 Å². The third-order valence-corrected chi connectivity index (χ3v) is 4.86. The predicted octanol–water partition coefficient (Wildman–Crippen LogP) is 3.03. The summed E-state index contributed by atoms with van der Waals surface area (Å²) in [5.74, 6) is 0.725. The van der Waals surface area contributed by atoms with Crippen LogP contribution in [-0.4, -0.2) is 25.3 Å². The Balaban J connectivity index is 2.46. The van der Waals surface area contributed by atoms with Crippen LogP contribution in [-0.2, 0) is 15.7 Å². The highest BCUT2D eigenvalue weighted by atomic mass is 32.2. The van der Waals surface area contributed by atoms with E-state index in [2.05, 4.69) is 5.10 Å². The third kappa shape index (κ3) is 3.50. The van der Waals surface area contributed by atoms with Crippen LogP contribution in [0.5, 0.6) is 11.5 Å². The molecule has 126 valence electrons. The molecule has 7 heteroatoms. The topological polar surface area (TPSA) is 70.4 Å². The molecular weight excluding hydrogens is 316 g/mol. The van der Waals surface area contributed by atoms with Crippen LogP contribution in [0.1, 0.15) is 32.2 Å². The lowest BCUT2D eigenvalue weighted by molar-refractivity contribution is 0.345. The summed E-state index contributed by atoms with van der Waals surface area (Å²) in [4.78, 5) is 0.107. The summed E-state index contributed by atoms with van der Waals surface area (Å²) in [7, 11) is -2.47. The first kappa shape index (κ1) is 17.3. The Labute approximate surface area is 137 Å². The molecule has 1 aromatic heterocycles. The summed E-state index contributed by atoms with van der Waals surface area (Å²) in [6, 6.07) is 6.48. The average molecular weight is 338 g/mol. The summed E-state index contributed by atoms with van der Waals surface area (Å²) < 4.78 is 37.4. The molecule has 0 atom stereocenters. The Morgan fingerprint density at radius 1 is 1.13 bits per heavy atom. The van der Waals surface area contributed by atoms with Gasteiger partial charge in [-0.25, -0.2) is 0 Å². The molecule has 23 heavy (non-hydrogen) atoms. The van der Waals surface area contributed by atoms with E-state index >= 15 is 0 Å². The molecule has 0 N–H and O–H groups in total. The maximum absolute atomic E-state index is 12.7. The maximum Gasteiger partial charge on any atom is 0.342 e. The fourth-order valence-electron chi connectivity index (χ4n) is 2.46. The van der Waals surface area contributed by atoms with Crippen molar-refractivity contribution < 1.29 is 17.3 Å². The minimum Gasteiger partial charge on any atom is -0.497 e. The van der Waals surface area contributed by atoms with E-state index in [9.17, 15) is 8.42 Å². The fraction of sp³-hybridized carbons (Fsp3) is 0.438. The second-order valence-corrected chi connectivity index (χ2v) is 7.78. The van der Waals surface area contributed by atoms with Crippen LogP contribution in [0.3, 0.4) is 0 Å². The minimum absolute atomic E-state index is 0.107. The number of hydrogen-bond acceptors (Lipinski definition) is 5. The van der Waals surface area contributed by atoms with Gasteiger partial charge in [0.25, 0.3) is 0 Å². The molecule has 0 unspecified atom stereocenters. The van der Waals surface area contributed by atoms with Gasteiger partial charge in [0.15, 0.2) is 0 Å². The van der Waals surface area contributed by atoms with Crippen LogP contribution in [0.2, 0.25) is 0 Å². The van der Waals surface area contributed by atoms with Crippen LogP contribution in [0.25, 0.3) is 0 Å². The number of ether oxygens (including phenoxy) is 1. The van der Waals surface area contributed by atoms with E-state index in [0.29, 0.717) is 17.1 Å². The number of nitrogens with zero attached hydrogens (tertiary/aromatic N) is 2. The second-order valence-electron chi connectivity index (χ2n) is 6.30. The molecule has 1 aromatic carbocycles. The van der Waals surface area contributed by atoms with Gasteiger partial charge in [0, 0.05) is 6.07 Å². The SMILES string of the molecule is COc1cccc(OS(=O)(=O)c2c(C)nn(C(C)(C)C)c2C)c1. The lowest BCUT2D eigenvalue weighted by atomic mass is 10.1. The van der Waals surface area contributed by atoms with Crippen molar-refractivity contribution in [2.24, 2.45) is 0 Å². The normalized spacial score (nSPS) is 12.3. The molecule has 0 bridgehead atoms. The van der Waals surface area contributed by atoms with E-state index < -0.39 is 10.1 Å². The minimum atomic E-state index is -3.98. The van der Waals surface area contributed by atoms with E-state index in [-0.39, 0.29) is 16.2 Å². The summed E-state index contributed by atoms with van der Waals surface area (Å²) in [6.45, 7) is 9.29. The highest BCUT2D eigenvalue weighted by molar-refractivity contribution is 7.87. The van der Waals surface area contributed by atoms with Gasteiger partial charge in [0.1, 0.15) is 16.4 Å². The number of benzene rings is 1. The van der Waals surface area contributed by atoms with E-state index in [1.54, 1.807) is 36.7 Å². The van der Waals surface area contributed by atoms with Crippen molar-refractivity contribution >= 4 is 10.1 Å². The van der Waals surface area contributed by atoms with E-state index in [1.165, 1.54) is 13.2 Å². The van der Waals surface area contributed by atoms with Gasteiger partial charge in [-0.1, -0.05) is 6.07 Å². The van der Waals surface area contributed by atoms with Crippen molar-refractivity contribution in [1.29, 1.82) is 0 Å². The number of aryl methyl sites for hydroxylation is 1. The monoisotopic (exact) mass is 338 g/mol. The molecule has 0 aliphatic heterocycles. The summed E-state index contributed by atoms with van der Waals surface area (Å²) >= 11 is 0. The molecule has 0 spiro atoms. The molecule has 0 saturated heterocycles. The molecule has 0 fully saturated rings. The van der Waals surface area contributed by atoms with E-state index in [0.717, 1.165) is 0 Å². The first-order chi connectivity index (χ1) is 10.6. The van der Waals surface area contributed by atoms with E-state index in [4.69, 9.17) is 8.92 Å². The molecule has 0 amide bonds. The quantitative estimate of drug-likeness (QED) is 0.801. The molecule has 6 nitrogen and oxygen atoms in total. The van der Waals surface area contributed by atoms with Gasteiger partial charge in [-0.3, -0.25) is 4.68 Å². The van der Waals surface area contributed by atoms with Crippen LogP contribution in [0.4, 0.5) is 0 Å². The summed E-state index contributed by atoms with van der Waals surface area (Å²) in [5.41, 5.74) is 0.650. The van der Waals surface area contributed by atoms with Gasteiger partial charge in [0.2, 0.25) is 0 Å². The molecule has 0 aliphatic carbocycles. The fourth-order valence-corrected chi connectivity index (χ4v) is 3.76. The lowest BCUT2D eigenvalue weighted by Gasteiger charge is -2.21. The third-order valence-electron chi connectivity index (χ3n) is 3.36. The number of methoxy groups -OCH3 is 1. The standard InChI is InChI=1S/C16H22N2O4S/c1-11-15(12(2)18(17-11)16(3,4)5)23(19,20)22-14-9-7-8-13(10-14)21-6/h7-10H,1-6H3. The first-order valence-corrected chi connectivity index (χ1v) is 8.62. The van der Waals surface area contributed by atoms with Crippen molar-refractivity contribution in [3.05, 3.63) is 35.7 Å². The molecule has 0 radical (unpaired) electrons. The maximum atomic E-state index is 12.7. The Morgan fingerprint density at radius 2 is 1.74 bits per heavy atom. The number of aromatic nitrogens is 2. The zero-order valence-electron chi connectivity index (χ0n) is 14.2. The Hall–Kier alpha value is -2.02. The van der Waals surface area contributed by atoms with Gasteiger partial charge in [-0.2, -0.15) is 13.5 Å². The molecule has 2 aromatic rings. The zero-order valence-corrected chi connectivity index (χ0v) is 15.1. The second kappa shape index (κ2) is 5.88. The van der Waals surface area contributed by atoms with E-state index in [1.807, 2.05) is 20.8 Å². The molecule has 1 heterocycles. The molecule has 0 aliphatic rings. The molecular formula is C16H22N2O4S. The molecule has 0 saturated carbocycles. The Bertz CT molecular complexity index is 817. The van der Waals surface area contributed by atoms with Gasteiger partial charge >= 0.3 is 10.1 Å². The molecule has 2 rings (SSSR count). The lowest BCUT2D eigenvalue weighted by Crippen LogP contribution is -2.24. The predicted molar refractivity (Wildman–Crippen MR) is 87.5 cm³/mol. The number of hydrogen-bond donors (Lipinski definition) is 0. The van der Waals surface area contributed by atoms with Gasteiger partial charge in [-0.15, -0.1) is 0 Å². The van der Waals surface area contributed by atoms with Crippen molar-refractivity contribution in [2.75, 3.05) is 7.11 Å². The van der Waals surface area contributed by atoms with Crippen LogP contribution >= 0.6 is 0 Å². The highest BCUT2D eigenvalue weighted by Crippen LogP contribution is 2.28. The Morgan fingerprint density at radius 3 is 2.26 bits per heavy atom. The van der Waals surface area contributed by atoms with Gasteiger partial charge in [-0.05, 0) is 46.8 Å².